The average Bonchev–Trinajstić information content (AvgIpc) is 3.09. The van der Waals surface area contributed by atoms with Crippen LogP contribution in [0.15, 0.2) is 24.3 Å². The molecular formula is C16H21N3O3. The van der Waals surface area contributed by atoms with Crippen LogP contribution in [0, 0.1) is 16.0 Å². The van der Waals surface area contributed by atoms with E-state index in [1.807, 2.05) is 15.9 Å². The van der Waals surface area contributed by atoms with Crippen molar-refractivity contribution in [2.75, 3.05) is 31.1 Å². The minimum Gasteiger partial charge on any atom is -0.362 e. The highest BCUT2D eigenvalue weighted by atomic mass is 16.6. The molecule has 6 nitrogen and oxygen atoms in total. The lowest BCUT2D eigenvalue weighted by molar-refractivity contribution is -0.384. The Morgan fingerprint density at radius 2 is 1.73 bits per heavy atom. The maximum atomic E-state index is 12.4. The van der Waals surface area contributed by atoms with Gasteiger partial charge in [-0.1, -0.05) is 25.0 Å². The molecule has 0 radical (unpaired) electrons. The molecule has 3 rings (SSSR count). The summed E-state index contributed by atoms with van der Waals surface area (Å²) < 4.78 is 0. The van der Waals surface area contributed by atoms with Gasteiger partial charge in [0.05, 0.1) is 4.92 Å². The number of hydrogen-bond donors (Lipinski definition) is 0. The summed E-state index contributed by atoms with van der Waals surface area (Å²) >= 11 is 0. The number of nitro groups is 1. The molecule has 1 aliphatic carbocycles. The SMILES string of the molecule is O=C(C1CCCC1)N1CCN(c2ccccc2[N+](=O)[O-])CC1. The molecule has 22 heavy (non-hydrogen) atoms. The van der Waals surface area contributed by atoms with Crippen molar-refractivity contribution in [3.05, 3.63) is 34.4 Å². The van der Waals surface area contributed by atoms with Crippen LogP contribution in [0.2, 0.25) is 0 Å². The van der Waals surface area contributed by atoms with E-state index in [9.17, 15) is 14.9 Å². The summed E-state index contributed by atoms with van der Waals surface area (Å²) in [4.78, 5) is 27.1. The van der Waals surface area contributed by atoms with Crippen molar-refractivity contribution in [1.29, 1.82) is 0 Å². The second-order valence-corrected chi connectivity index (χ2v) is 6.04. The molecule has 0 bridgehead atoms. The summed E-state index contributed by atoms with van der Waals surface area (Å²) in [5.74, 6) is 0.484. The summed E-state index contributed by atoms with van der Waals surface area (Å²) in [6, 6.07) is 6.82. The zero-order valence-corrected chi connectivity index (χ0v) is 12.6. The fourth-order valence-corrected chi connectivity index (χ4v) is 3.48. The minimum absolute atomic E-state index is 0.137. The number of benzene rings is 1. The second kappa shape index (κ2) is 6.34. The number of carbonyl (C=O) groups is 1. The molecule has 1 saturated carbocycles. The van der Waals surface area contributed by atoms with Gasteiger partial charge in [0.25, 0.3) is 5.69 Å². The minimum atomic E-state index is -0.342. The lowest BCUT2D eigenvalue weighted by atomic mass is 10.1. The van der Waals surface area contributed by atoms with Gasteiger partial charge in [-0.25, -0.2) is 0 Å². The Balaban J connectivity index is 1.64. The largest absolute Gasteiger partial charge is 0.362 e. The van der Waals surface area contributed by atoms with Crippen molar-refractivity contribution in [3.8, 4) is 0 Å². The Morgan fingerprint density at radius 1 is 1.09 bits per heavy atom. The molecule has 1 aromatic rings. The third-order valence-electron chi connectivity index (χ3n) is 4.71. The third kappa shape index (κ3) is 2.91. The molecule has 1 saturated heterocycles. The van der Waals surface area contributed by atoms with E-state index in [4.69, 9.17) is 0 Å². The van der Waals surface area contributed by atoms with E-state index in [1.165, 1.54) is 6.07 Å². The number of hydrogen-bond acceptors (Lipinski definition) is 4. The molecule has 0 N–H and O–H groups in total. The lowest BCUT2D eigenvalue weighted by Gasteiger charge is -2.36. The third-order valence-corrected chi connectivity index (χ3v) is 4.71. The number of carbonyl (C=O) groups excluding carboxylic acids is 1. The topological polar surface area (TPSA) is 66.7 Å². The Bertz CT molecular complexity index is 562. The van der Waals surface area contributed by atoms with E-state index < -0.39 is 0 Å². The highest BCUT2D eigenvalue weighted by Crippen LogP contribution is 2.30. The van der Waals surface area contributed by atoms with Crippen molar-refractivity contribution in [3.63, 3.8) is 0 Å². The molecule has 1 heterocycles. The molecule has 1 aliphatic heterocycles. The van der Waals surface area contributed by atoms with E-state index in [2.05, 4.69) is 0 Å². The Morgan fingerprint density at radius 3 is 2.36 bits per heavy atom. The van der Waals surface area contributed by atoms with Crippen molar-refractivity contribution < 1.29 is 9.72 Å². The highest BCUT2D eigenvalue weighted by molar-refractivity contribution is 5.79. The molecule has 1 amide bonds. The number of anilines is 1. The molecule has 0 atom stereocenters. The van der Waals surface area contributed by atoms with E-state index in [0.717, 1.165) is 25.7 Å². The summed E-state index contributed by atoms with van der Waals surface area (Å²) in [7, 11) is 0. The van der Waals surface area contributed by atoms with Gasteiger partial charge < -0.3 is 9.80 Å². The smallest absolute Gasteiger partial charge is 0.292 e. The van der Waals surface area contributed by atoms with Crippen molar-refractivity contribution in [2.45, 2.75) is 25.7 Å². The van der Waals surface area contributed by atoms with Crippen LogP contribution in [0.4, 0.5) is 11.4 Å². The average molecular weight is 303 g/mol. The predicted octanol–water partition coefficient (Wildman–Crippen LogP) is 2.43. The zero-order chi connectivity index (χ0) is 15.5. The van der Waals surface area contributed by atoms with Gasteiger partial charge in [0, 0.05) is 38.2 Å². The summed E-state index contributed by atoms with van der Waals surface area (Å²) in [5.41, 5.74) is 0.790. The number of nitro benzene ring substituents is 1. The summed E-state index contributed by atoms with van der Waals surface area (Å²) in [6.45, 7) is 2.62. The summed E-state index contributed by atoms with van der Waals surface area (Å²) in [6.07, 6.45) is 4.35. The maximum Gasteiger partial charge on any atom is 0.292 e. The van der Waals surface area contributed by atoms with Gasteiger partial charge in [-0.3, -0.25) is 14.9 Å². The fraction of sp³-hybridized carbons (Fsp3) is 0.562. The monoisotopic (exact) mass is 303 g/mol. The Kier molecular flexibility index (Phi) is 4.27. The van der Waals surface area contributed by atoms with Crippen LogP contribution in [0.3, 0.4) is 0 Å². The van der Waals surface area contributed by atoms with Crippen LogP contribution < -0.4 is 4.90 Å². The van der Waals surface area contributed by atoms with Crippen molar-refractivity contribution in [1.82, 2.24) is 4.90 Å². The van der Waals surface area contributed by atoms with Crippen LogP contribution in [0.25, 0.3) is 0 Å². The lowest BCUT2D eigenvalue weighted by Crippen LogP contribution is -2.50. The summed E-state index contributed by atoms with van der Waals surface area (Å²) in [5, 5.41) is 11.1. The highest BCUT2D eigenvalue weighted by Gasteiger charge is 2.30. The number of amides is 1. The maximum absolute atomic E-state index is 12.4. The standard InChI is InChI=1S/C16H21N3O3/c20-16(13-5-1-2-6-13)18-11-9-17(10-12-18)14-7-3-4-8-15(14)19(21)22/h3-4,7-8,13H,1-2,5-6,9-12H2. The molecule has 6 heteroatoms. The molecule has 118 valence electrons. The number of para-hydroxylation sites is 2. The first kappa shape index (κ1) is 14.8. The second-order valence-electron chi connectivity index (χ2n) is 6.04. The fourth-order valence-electron chi connectivity index (χ4n) is 3.48. The predicted molar refractivity (Wildman–Crippen MR) is 83.8 cm³/mol. The van der Waals surface area contributed by atoms with E-state index in [0.29, 0.717) is 31.9 Å². The molecular weight excluding hydrogens is 282 g/mol. The Labute approximate surface area is 129 Å². The molecule has 2 fully saturated rings. The van der Waals surface area contributed by atoms with E-state index >= 15 is 0 Å². The van der Waals surface area contributed by atoms with Gasteiger partial charge in [-0.15, -0.1) is 0 Å². The van der Waals surface area contributed by atoms with Gasteiger partial charge in [0.2, 0.25) is 5.91 Å². The van der Waals surface area contributed by atoms with Gasteiger partial charge in [-0.2, -0.15) is 0 Å². The Hall–Kier alpha value is -2.11. The van der Waals surface area contributed by atoms with E-state index in [-0.39, 0.29) is 22.4 Å². The van der Waals surface area contributed by atoms with Gasteiger partial charge in [0.1, 0.15) is 5.69 Å². The van der Waals surface area contributed by atoms with Gasteiger partial charge in [-0.05, 0) is 18.9 Å². The number of piperazine rings is 1. The van der Waals surface area contributed by atoms with Crippen LogP contribution in [-0.4, -0.2) is 41.9 Å². The van der Waals surface area contributed by atoms with Crippen LogP contribution >= 0.6 is 0 Å². The van der Waals surface area contributed by atoms with Crippen LogP contribution in [-0.2, 0) is 4.79 Å². The van der Waals surface area contributed by atoms with Crippen molar-refractivity contribution >= 4 is 17.3 Å². The first-order valence-electron chi connectivity index (χ1n) is 7.94. The molecule has 0 spiro atoms. The quantitative estimate of drug-likeness (QED) is 0.635. The van der Waals surface area contributed by atoms with Crippen molar-refractivity contribution in [2.24, 2.45) is 5.92 Å². The normalized spacial score (nSPS) is 19.5. The first-order valence-corrected chi connectivity index (χ1v) is 7.94. The van der Waals surface area contributed by atoms with Crippen LogP contribution in [0.1, 0.15) is 25.7 Å². The van der Waals surface area contributed by atoms with Gasteiger partial charge in [0.15, 0.2) is 0 Å². The molecule has 2 aliphatic rings. The van der Waals surface area contributed by atoms with Gasteiger partial charge >= 0.3 is 0 Å². The first-order chi connectivity index (χ1) is 10.7. The number of nitrogens with zero attached hydrogens (tertiary/aromatic N) is 3. The zero-order valence-electron chi connectivity index (χ0n) is 12.6. The van der Waals surface area contributed by atoms with Crippen LogP contribution in [0.5, 0.6) is 0 Å². The molecule has 1 aromatic carbocycles. The number of rotatable bonds is 3. The van der Waals surface area contributed by atoms with E-state index in [1.54, 1.807) is 12.1 Å². The molecule has 0 aromatic heterocycles. The molecule has 0 unspecified atom stereocenters.